The summed E-state index contributed by atoms with van der Waals surface area (Å²) in [5.74, 6) is -0.132. The van der Waals surface area contributed by atoms with Crippen molar-refractivity contribution < 1.29 is 9.72 Å². The van der Waals surface area contributed by atoms with Crippen LogP contribution in [0.1, 0.15) is 23.5 Å². The van der Waals surface area contributed by atoms with Crippen molar-refractivity contribution in [3.63, 3.8) is 0 Å². The Hall–Kier alpha value is -2.66. The van der Waals surface area contributed by atoms with Crippen LogP contribution < -0.4 is 5.32 Å². The minimum absolute atomic E-state index is 0.0192. The fraction of sp³-hybridized carbons (Fsp3) is 0.118. The predicted octanol–water partition coefficient (Wildman–Crippen LogP) is 3.89. The summed E-state index contributed by atoms with van der Waals surface area (Å²) in [6.07, 6.45) is 2.32. The molecule has 0 aliphatic carbocycles. The van der Waals surface area contributed by atoms with Crippen molar-refractivity contribution in [2.45, 2.75) is 12.3 Å². The van der Waals surface area contributed by atoms with Gasteiger partial charge in [0.2, 0.25) is 5.91 Å². The zero-order valence-electron chi connectivity index (χ0n) is 12.0. The molecule has 1 aliphatic rings. The van der Waals surface area contributed by atoms with Gasteiger partial charge in [-0.15, -0.1) is 0 Å². The quantitative estimate of drug-likeness (QED) is 0.686. The number of nitrogens with zero attached hydrogens (tertiary/aromatic N) is 1. The maximum Gasteiger partial charge on any atom is 0.269 e. The van der Waals surface area contributed by atoms with Crippen molar-refractivity contribution in [2.75, 3.05) is 0 Å². The standard InChI is InChI=1S/C17H13ClN2O3/c18-14-5-1-11(2-6-14)13-9-16(19-17(21)10-13)12-3-7-15(8-4-12)20(22)23/h1-9,13H,10H2,(H,19,21)/t13-/m0/s1. The molecule has 3 rings (SSSR count). The van der Waals surface area contributed by atoms with Gasteiger partial charge < -0.3 is 5.32 Å². The highest BCUT2D eigenvalue weighted by molar-refractivity contribution is 6.30. The third kappa shape index (κ3) is 3.40. The summed E-state index contributed by atoms with van der Waals surface area (Å²) in [6.45, 7) is 0. The van der Waals surface area contributed by atoms with E-state index >= 15 is 0 Å². The number of nitro benzene ring substituents is 1. The largest absolute Gasteiger partial charge is 0.326 e. The lowest BCUT2D eigenvalue weighted by molar-refractivity contribution is -0.384. The molecule has 0 radical (unpaired) electrons. The molecule has 0 spiro atoms. The van der Waals surface area contributed by atoms with E-state index in [2.05, 4.69) is 5.32 Å². The first-order valence-electron chi connectivity index (χ1n) is 7.05. The van der Waals surface area contributed by atoms with Crippen LogP contribution in [0.15, 0.2) is 54.6 Å². The molecule has 0 saturated heterocycles. The van der Waals surface area contributed by atoms with Gasteiger partial charge in [-0.3, -0.25) is 14.9 Å². The smallest absolute Gasteiger partial charge is 0.269 e. The number of carbonyl (C=O) groups is 1. The highest BCUT2D eigenvalue weighted by Crippen LogP contribution is 2.30. The number of nitro groups is 1. The summed E-state index contributed by atoms with van der Waals surface area (Å²) in [7, 11) is 0. The second-order valence-electron chi connectivity index (χ2n) is 5.29. The van der Waals surface area contributed by atoms with Gasteiger partial charge >= 0.3 is 0 Å². The number of nitrogens with one attached hydrogen (secondary N) is 1. The number of halogens is 1. The van der Waals surface area contributed by atoms with E-state index in [4.69, 9.17) is 11.6 Å². The zero-order chi connectivity index (χ0) is 16.4. The Morgan fingerprint density at radius 2 is 1.74 bits per heavy atom. The van der Waals surface area contributed by atoms with Crippen molar-refractivity contribution in [3.05, 3.63) is 80.9 Å². The topological polar surface area (TPSA) is 72.2 Å². The monoisotopic (exact) mass is 328 g/mol. The summed E-state index contributed by atoms with van der Waals surface area (Å²) >= 11 is 5.89. The van der Waals surface area contributed by atoms with Gasteiger partial charge in [0.25, 0.3) is 5.69 Å². The molecule has 0 aromatic heterocycles. The third-order valence-electron chi connectivity index (χ3n) is 3.73. The summed E-state index contributed by atoms with van der Waals surface area (Å²) in [5.41, 5.74) is 2.42. The highest BCUT2D eigenvalue weighted by Gasteiger charge is 2.22. The van der Waals surface area contributed by atoms with E-state index in [0.29, 0.717) is 17.1 Å². The lowest BCUT2D eigenvalue weighted by Crippen LogP contribution is -2.28. The van der Waals surface area contributed by atoms with Crippen molar-refractivity contribution in [1.29, 1.82) is 0 Å². The van der Waals surface area contributed by atoms with Crippen LogP contribution in [0.3, 0.4) is 0 Å². The van der Waals surface area contributed by atoms with Gasteiger partial charge in [-0.05, 0) is 35.4 Å². The van der Waals surface area contributed by atoms with Crippen LogP contribution in [0.5, 0.6) is 0 Å². The summed E-state index contributed by atoms with van der Waals surface area (Å²) in [5, 5.41) is 14.2. The van der Waals surface area contributed by atoms with Crippen LogP contribution in [0.4, 0.5) is 5.69 Å². The first-order chi connectivity index (χ1) is 11.0. The molecule has 1 aliphatic heterocycles. The summed E-state index contributed by atoms with van der Waals surface area (Å²) in [6, 6.07) is 13.5. The Bertz CT molecular complexity index is 782. The Morgan fingerprint density at radius 3 is 2.35 bits per heavy atom. The average Bonchev–Trinajstić information content (AvgIpc) is 2.55. The second kappa shape index (κ2) is 6.22. The molecule has 0 unspecified atom stereocenters. The minimum atomic E-state index is -0.450. The van der Waals surface area contributed by atoms with Gasteiger partial charge in [0, 0.05) is 35.2 Å². The molecule has 0 saturated carbocycles. The number of rotatable bonds is 3. The molecule has 0 fully saturated rings. The van der Waals surface area contributed by atoms with Crippen molar-refractivity contribution >= 4 is 28.9 Å². The van der Waals surface area contributed by atoms with Crippen LogP contribution in [-0.2, 0) is 4.79 Å². The number of hydrogen-bond donors (Lipinski definition) is 1. The van der Waals surface area contributed by atoms with E-state index in [1.54, 1.807) is 24.3 Å². The molecule has 5 nitrogen and oxygen atoms in total. The first-order valence-corrected chi connectivity index (χ1v) is 7.43. The fourth-order valence-electron chi connectivity index (χ4n) is 2.56. The van der Waals surface area contributed by atoms with Crippen LogP contribution in [0.25, 0.3) is 5.70 Å². The van der Waals surface area contributed by atoms with Crippen LogP contribution in [-0.4, -0.2) is 10.8 Å². The lowest BCUT2D eigenvalue weighted by atomic mass is 9.90. The van der Waals surface area contributed by atoms with Gasteiger partial charge in [0.05, 0.1) is 4.92 Å². The molecule has 23 heavy (non-hydrogen) atoms. The molecule has 0 bridgehead atoms. The van der Waals surface area contributed by atoms with E-state index in [-0.39, 0.29) is 17.5 Å². The van der Waals surface area contributed by atoms with Crippen LogP contribution in [0.2, 0.25) is 5.02 Å². The molecular weight excluding hydrogens is 316 g/mol. The SMILES string of the molecule is O=C1C[C@@H](c2ccc(Cl)cc2)C=C(c2ccc([N+](=O)[O-])cc2)N1. The number of hydrogen-bond acceptors (Lipinski definition) is 3. The maximum absolute atomic E-state index is 12.0. The van der Waals surface area contributed by atoms with Crippen molar-refractivity contribution in [1.82, 2.24) is 5.32 Å². The van der Waals surface area contributed by atoms with Crippen LogP contribution in [0, 0.1) is 10.1 Å². The van der Waals surface area contributed by atoms with E-state index in [0.717, 1.165) is 11.1 Å². The molecule has 1 atom stereocenters. The summed E-state index contributed by atoms with van der Waals surface area (Å²) in [4.78, 5) is 22.3. The number of non-ortho nitro benzene ring substituents is 1. The van der Waals surface area contributed by atoms with Gasteiger partial charge in [0.1, 0.15) is 0 Å². The van der Waals surface area contributed by atoms with E-state index < -0.39 is 4.92 Å². The minimum Gasteiger partial charge on any atom is -0.326 e. The Labute approximate surface area is 137 Å². The molecule has 1 amide bonds. The van der Waals surface area contributed by atoms with E-state index in [9.17, 15) is 14.9 Å². The molecule has 1 N–H and O–H groups in total. The molecule has 1 heterocycles. The lowest BCUT2D eigenvalue weighted by Gasteiger charge is -2.22. The number of allylic oxidation sites excluding steroid dienone is 1. The molecule has 6 heteroatoms. The second-order valence-corrected chi connectivity index (χ2v) is 5.73. The van der Waals surface area contributed by atoms with Gasteiger partial charge in [-0.2, -0.15) is 0 Å². The van der Waals surface area contributed by atoms with E-state index in [1.165, 1.54) is 12.1 Å². The Balaban J connectivity index is 1.92. The summed E-state index contributed by atoms with van der Waals surface area (Å²) < 4.78 is 0. The zero-order valence-corrected chi connectivity index (χ0v) is 12.8. The van der Waals surface area contributed by atoms with Crippen molar-refractivity contribution in [2.24, 2.45) is 0 Å². The first kappa shape index (κ1) is 15.2. The fourth-order valence-corrected chi connectivity index (χ4v) is 2.68. The van der Waals surface area contributed by atoms with Crippen molar-refractivity contribution in [3.8, 4) is 0 Å². The molecule has 116 valence electrons. The Kier molecular flexibility index (Phi) is 4.12. The Morgan fingerprint density at radius 1 is 1.09 bits per heavy atom. The third-order valence-corrected chi connectivity index (χ3v) is 3.99. The highest BCUT2D eigenvalue weighted by atomic mass is 35.5. The predicted molar refractivity (Wildman–Crippen MR) is 88.0 cm³/mol. The molecule has 2 aromatic rings. The molecule has 2 aromatic carbocycles. The van der Waals surface area contributed by atoms with Gasteiger partial charge in [-0.1, -0.05) is 29.8 Å². The number of amides is 1. The molecular formula is C17H13ClN2O3. The van der Waals surface area contributed by atoms with Crippen LogP contribution >= 0.6 is 11.6 Å². The van der Waals surface area contributed by atoms with E-state index in [1.807, 2.05) is 18.2 Å². The normalized spacial score (nSPS) is 17.3. The van der Waals surface area contributed by atoms with Gasteiger partial charge in [0.15, 0.2) is 0 Å². The number of benzene rings is 2. The maximum atomic E-state index is 12.0. The number of carbonyl (C=O) groups excluding carboxylic acids is 1. The average molecular weight is 329 g/mol. The van der Waals surface area contributed by atoms with Gasteiger partial charge in [-0.25, -0.2) is 0 Å².